The molecule has 0 atom stereocenters. The topological polar surface area (TPSA) is 120 Å². The Kier molecular flexibility index (Phi) is 6.08. The van der Waals surface area contributed by atoms with Crippen molar-refractivity contribution >= 4 is 17.4 Å². The number of hydrogen-bond acceptors (Lipinski definition) is 5. The van der Waals surface area contributed by atoms with Gasteiger partial charge in [0, 0.05) is 13.1 Å². The lowest BCUT2D eigenvalue weighted by molar-refractivity contribution is -0.385. The van der Waals surface area contributed by atoms with Crippen molar-refractivity contribution in [2.24, 2.45) is 5.73 Å². The zero-order chi connectivity index (χ0) is 15.0. The SMILES string of the molecule is CCCOc1cccc(NCCNC(N)=O)c1[N+](=O)[O-]. The van der Waals surface area contributed by atoms with Gasteiger partial charge in [-0.05, 0) is 18.6 Å². The van der Waals surface area contributed by atoms with E-state index in [9.17, 15) is 14.9 Å². The average Bonchev–Trinajstić information content (AvgIpc) is 2.40. The van der Waals surface area contributed by atoms with E-state index in [-0.39, 0.29) is 18.0 Å². The summed E-state index contributed by atoms with van der Waals surface area (Å²) in [7, 11) is 0. The number of anilines is 1. The van der Waals surface area contributed by atoms with Crippen molar-refractivity contribution in [3.05, 3.63) is 28.3 Å². The summed E-state index contributed by atoms with van der Waals surface area (Å²) in [6, 6.07) is 4.17. The third-order valence-corrected chi connectivity index (χ3v) is 2.38. The van der Waals surface area contributed by atoms with Crippen LogP contribution in [0, 0.1) is 10.1 Å². The molecule has 0 fully saturated rings. The van der Waals surface area contributed by atoms with Crippen molar-refractivity contribution in [3.63, 3.8) is 0 Å². The number of carbonyl (C=O) groups excluding carboxylic acids is 1. The first kappa shape index (κ1) is 15.5. The molecule has 0 aliphatic heterocycles. The Morgan fingerprint density at radius 3 is 2.80 bits per heavy atom. The molecule has 1 aromatic carbocycles. The van der Waals surface area contributed by atoms with E-state index in [1.165, 1.54) is 0 Å². The van der Waals surface area contributed by atoms with Gasteiger partial charge < -0.3 is 21.1 Å². The highest BCUT2D eigenvalue weighted by atomic mass is 16.6. The van der Waals surface area contributed by atoms with E-state index in [0.29, 0.717) is 18.8 Å². The highest BCUT2D eigenvalue weighted by Gasteiger charge is 2.20. The molecule has 0 aliphatic carbocycles. The lowest BCUT2D eigenvalue weighted by Crippen LogP contribution is -2.33. The van der Waals surface area contributed by atoms with Crippen LogP contribution in [0.25, 0.3) is 0 Å². The lowest BCUT2D eigenvalue weighted by Gasteiger charge is -2.11. The quantitative estimate of drug-likeness (QED) is 0.379. The van der Waals surface area contributed by atoms with Crippen molar-refractivity contribution in [1.29, 1.82) is 0 Å². The van der Waals surface area contributed by atoms with E-state index in [1.54, 1.807) is 18.2 Å². The third kappa shape index (κ3) is 4.63. The predicted octanol–water partition coefficient (Wildman–Crippen LogP) is 1.46. The second-order valence-electron chi connectivity index (χ2n) is 3.98. The summed E-state index contributed by atoms with van der Waals surface area (Å²) >= 11 is 0. The highest BCUT2D eigenvalue weighted by molar-refractivity contribution is 5.72. The van der Waals surface area contributed by atoms with Gasteiger partial charge in [-0.3, -0.25) is 10.1 Å². The number of nitro benzene ring substituents is 1. The maximum absolute atomic E-state index is 11.1. The summed E-state index contributed by atoms with van der Waals surface area (Å²) in [6.45, 7) is 2.92. The molecule has 8 nitrogen and oxygen atoms in total. The predicted molar refractivity (Wildman–Crippen MR) is 75.0 cm³/mol. The minimum atomic E-state index is -0.638. The molecule has 1 aromatic rings. The Hall–Kier alpha value is -2.51. The molecular formula is C12H18N4O4. The second-order valence-corrected chi connectivity index (χ2v) is 3.98. The first-order chi connectivity index (χ1) is 9.56. The number of nitrogens with zero attached hydrogens (tertiary/aromatic N) is 1. The molecule has 0 aliphatic rings. The number of carbonyl (C=O) groups is 1. The Labute approximate surface area is 116 Å². The molecule has 4 N–H and O–H groups in total. The summed E-state index contributed by atoms with van der Waals surface area (Å²) in [5.41, 5.74) is 5.15. The first-order valence-corrected chi connectivity index (χ1v) is 6.23. The minimum absolute atomic E-state index is 0.111. The van der Waals surface area contributed by atoms with Crippen LogP contribution < -0.4 is 21.1 Å². The summed E-state index contributed by atoms with van der Waals surface area (Å²) in [5, 5.41) is 16.4. The van der Waals surface area contributed by atoms with Gasteiger partial charge in [-0.1, -0.05) is 13.0 Å². The highest BCUT2D eigenvalue weighted by Crippen LogP contribution is 2.34. The number of nitrogens with two attached hydrogens (primary N) is 1. The van der Waals surface area contributed by atoms with Gasteiger partial charge in [-0.15, -0.1) is 0 Å². The summed E-state index contributed by atoms with van der Waals surface area (Å²) in [6.07, 6.45) is 0.761. The van der Waals surface area contributed by atoms with Crippen LogP contribution in [0.5, 0.6) is 5.75 Å². The van der Waals surface area contributed by atoms with E-state index in [4.69, 9.17) is 10.5 Å². The maximum Gasteiger partial charge on any atom is 0.333 e. The van der Waals surface area contributed by atoms with Gasteiger partial charge in [0.2, 0.25) is 0 Å². The normalized spacial score (nSPS) is 9.85. The summed E-state index contributed by atoms with van der Waals surface area (Å²) in [4.78, 5) is 21.2. The standard InChI is InChI=1S/C12H18N4O4/c1-2-8-20-10-5-3-4-9(11(10)16(18)19)14-6-7-15-12(13)17/h3-5,14H,2,6-8H2,1H3,(H3,13,15,17). The Morgan fingerprint density at radius 2 is 2.20 bits per heavy atom. The lowest BCUT2D eigenvalue weighted by atomic mass is 10.2. The van der Waals surface area contributed by atoms with Crippen LogP contribution in [0.15, 0.2) is 18.2 Å². The number of nitrogens with one attached hydrogen (secondary N) is 2. The number of para-hydroxylation sites is 1. The molecule has 0 saturated carbocycles. The van der Waals surface area contributed by atoms with Crippen LogP contribution in [-0.2, 0) is 0 Å². The molecule has 0 bridgehead atoms. The fourth-order valence-electron chi connectivity index (χ4n) is 1.56. The summed E-state index contributed by atoms with van der Waals surface area (Å²) in [5.74, 6) is 0.227. The molecule has 0 aromatic heterocycles. The van der Waals surface area contributed by atoms with Gasteiger partial charge in [0.15, 0.2) is 5.75 Å². The number of primary amides is 1. The molecule has 2 amide bonds. The molecule has 0 saturated heterocycles. The zero-order valence-corrected chi connectivity index (χ0v) is 11.2. The van der Waals surface area contributed by atoms with Gasteiger partial charge in [0.25, 0.3) is 0 Å². The minimum Gasteiger partial charge on any atom is -0.487 e. The Bertz CT molecular complexity index is 479. The van der Waals surface area contributed by atoms with Gasteiger partial charge in [0.05, 0.1) is 11.5 Å². The number of benzene rings is 1. The van der Waals surface area contributed by atoms with Gasteiger partial charge >= 0.3 is 11.7 Å². The fraction of sp³-hybridized carbons (Fsp3) is 0.417. The molecule has 110 valence electrons. The number of amides is 2. The maximum atomic E-state index is 11.1. The molecule has 8 heteroatoms. The molecule has 0 radical (unpaired) electrons. The Balaban J connectivity index is 2.78. The largest absolute Gasteiger partial charge is 0.487 e. The van der Waals surface area contributed by atoms with Crippen LogP contribution in [0.1, 0.15) is 13.3 Å². The number of urea groups is 1. The Morgan fingerprint density at radius 1 is 1.45 bits per heavy atom. The van der Waals surface area contributed by atoms with Gasteiger partial charge in [0.1, 0.15) is 5.69 Å². The van der Waals surface area contributed by atoms with E-state index >= 15 is 0 Å². The average molecular weight is 282 g/mol. The molecule has 20 heavy (non-hydrogen) atoms. The molecule has 0 spiro atoms. The number of hydrogen-bond donors (Lipinski definition) is 3. The molecule has 0 heterocycles. The van der Waals surface area contributed by atoms with Crippen molar-refractivity contribution < 1.29 is 14.5 Å². The van der Waals surface area contributed by atoms with Crippen molar-refractivity contribution in [2.45, 2.75) is 13.3 Å². The first-order valence-electron chi connectivity index (χ1n) is 6.23. The van der Waals surface area contributed by atoms with Gasteiger partial charge in [-0.25, -0.2) is 4.79 Å². The fourth-order valence-corrected chi connectivity index (χ4v) is 1.56. The third-order valence-electron chi connectivity index (χ3n) is 2.38. The number of ether oxygens (including phenoxy) is 1. The van der Waals surface area contributed by atoms with Crippen molar-refractivity contribution in [3.8, 4) is 5.75 Å². The number of nitro groups is 1. The second kappa shape index (κ2) is 7.82. The monoisotopic (exact) mass is 282 g/mol. The zero-order valence-electron chi connectivity index (χ0n) is 11.2. The van der Waals surface area contributed by atoms with E-state index in [2.05, 4.69) is 10.6 Å². The molecule has 0 unspecified atom stereocenters. The van der Waals surface area contributed by atoms with E-state index < -0.39 is 11.0 Å². The van der Waals surface area contributed by atoms with Crippen LogP contribution in [-0.4, -0.2) is 30.7 Å². The number of rotatable bonds is 8. The molecule has 1 rings (SSSR count). The van der Waals surface area contributed by atoms with Crippen LogP contribution in [0.3, 0.4) is 0 Å². The van der Waals surface area contributed by atoms with Crippen LogP contribution in [0.2, 0.25) is 0 Å². The van der Waals surface area contributed by atoms with E-state index in [1.807, 2.05) is 6.92 Å². The smallest absolute Gasteiger partial charge is 0.333 e. The van der Waals surface area contributed by atoms with Gasteiger partial charge in [-0.2, -0.15) is 0 Å². The van der Waals surface area contributed by atoms with E-state index in [0.717, 1.165) is 6.42 Å². The van der Waals surface area contributed by atoms with Crippen LogP contribution >= 0.6 is 0 Å². The van der Waals surface area contributed by atoms with Crippen molar-refractivity contribution in [1.82, 2.24) is 5.32 Å². The van der Waals surface area contributed by atoms with Crippen LogP contribution in [0.4, 0.5) is 16.2 Å². The van der Waals surface area contributed by atoms with Crippen molar-refractivity contribution in [2.75, 3.05) is 25.0 Å². The molecular weight excluding hydrogens is 264 g/mol. The summed E-state index contributed by atoms with van der Waals surface area (Å²) < 4.78 is 5.36.